The van der Waals surface area contributed by atoms with Crippen molar-refractivity contribution in [2.75, 3.05) is 6.54 Å². The molecule has 1 aliphatic carbocycles. The first-order valence-corrected chi connectivity index (χ1v) is 6.26. The molecule has 1 N–H and O–H groups in total. The van der Waals surface area contributed by atoms with Gasteiger partial charge in [-0.25, -0.2) is 4.39 Å². The van der Waals surface area contributed by atoms with E-state index in [9.17, 15) is 4.39 Å². The molecule has 0 aliphatic heterocycles. The van der Waals surface area contributed by atoms with Gasteiger partial charge < -0.3 is 5.32 Å². The molecule has 1 saturated carbocycles. The topological polar surface area (TPSA) is 12.0 Å². The van der Waals surface area contributed by atoms with Crippen LogP contribution in [0.15, 0.2) is 18.2 Å². The van der Waals surface area contributed by atoms with Gasteiger partial charge in [-0.2, -0.15) is 0 Å². The Balaban J connectivity index is 2.15. The summed E-state index contributed by atoms with van der Waals surface area (Å²) in [6, 6.07) is 5.09. The van der Waals surface area contributed by atoms with Crippen LogP contribution in [0.3, 0.4) is 0 Å². The number of hydrogen-bond acceptors (Lipinski definition) is 1. The molecular formula is C13H17ClFN. The molecule has 2 rings (SSSR count). The molecule has 0 saturated heterocycles. The van der Waals surface area contributed by atoms with Crippen molar-refractivity contribution in [2.45, 2.75) is 32.2 Å². The van der Waals surface area contributed by atoms with E-state index in [4.69, 9.17) is 11.6 Å². The average molecular weight is 242 g/mol. The lowest BCUT2D eigenvalue weighted by molar-refractivity contribution is 0.463. The van der Waals surface area contributed by atoms with Gasteiger partial charge in [-0.3, -0.25) is 0 Å². The van der Waals surface area contributed by atoms with Gasteiger partial charge in [0.15, 0.2) is 0 Å². The first kappa shape index (κ1) is 11.9. The van der Waals surface area contributed by atoms with Crippen molar-refractivity contribution >= 4 is 11.6 Å². The number of halogens is 2. The van der Waals surface area contributed by atoms with Crippen molar-refractivity contribution in [1.29, 1.82) is 0 Å². The summed E-state index contributed by atoms with van der Waals surface area (Å²) in [5, 5.41) is 3.81. The summed E-state index contributed by atoms with van der Waals surface area (Å²) in [6.07, 6.45) is 3.61. The maximum Gasteiger partial charge on any atom is 0.129 e. The van der Waals surface area contributed by atoms with E-state index >= 15 is 0 Å². The molecule has 3 heteroatoms. The molecule has 0 amide bonds. The molecule has 1 unspecified atom stereocenters. The molecule has 0 heterocycles. The second kappa shape index (κ2) is 5.15. The maximum atomic E-state index is 13.8. The first-order chi connectivity index (χ1) is 7.70. The van der Waals surface area contributed by atoms with Gasteiger partial charge >= 0.3 is 0 Å². The quantitative estimate of drug-likeness (QED) is 0.824. The summed E-state index contributed by atoms with van der Waals surface area (Å²) < 4.78 is 13.8. The minimum Gasteiger partial charge on any atom is -0.310 e. The Bertz CT molecular complexity index is 363. The Morgan fingerprint density at radius 2 is 2.25 bits per heavy atom. The Hall–Kier alpha value is -0.600. The zero-order valence-corrected chi connectivity index (χ0v) is 10.2. The normalized spacial score (nSPS) is 17.4. The van der Waals surface area contributed by atoms with Crippen LogP contribution < -0.4 is 5.32 Å². The largest absolute Gasteiger partial charge is 0.310 e. The van der Waals surface area contributed by atoms with Crippen molar-refractivity contribution in [3.05, 3.63) is 34.6 Å². The highest BCUT2D eigenvalue weighted by Crippen LogP contribution is 2.38. The van der Waals surface area contributed by atoms with Gasteiger partial charge in [-0.1, -0.05) is 37.4 Å². The highest BCUT2D eigenvalue weighted by atomic mass is 35.5. The summed E-state index contributed by atoms with van der Waals surface area (Å²) in [6.45, 7) is 2.91. The Kier molecular flexibility index (Phi) is 3.82. The van der Waals surface area contributed by atoms with Crippen LogP contribution in [-0.2, 0) is 0 Å². The van der Waals surface area contributed by atoms with Crippen LogP contribution in [0.4, 0.5) is 4.39 Å². The van der Waals surface area contributed by atoms with Gasteiger partial charge in [0.25, 0.3) is 0 Å². The standard InChI is InChI=1S/C13H17ClFN/c1-2-16-13(7-9-3-4-9)11-6-5-10(14)8-12(11)15/h5-6,8-9,13,16H,2-4,7H2,1H3. The molecule has 1 fully saturated rings. The lowest BCUT2D eigenvalue weighted by atomic mass is 10.0. The van der Waals surface area contributed by atoms with E-state index < -0.39 is 0 Å². The second-order valence-corrected chi connectivity index (χ2v) is 4.89. The first-order valence-electron chi connectivity index (χ1n) is 5.89. The van der Waals surface area contributed by atoms with Crippen LogP contribution in [0.1, 0.15) is 37.8 Å². The fourth-order valence-electron chi connectivity index (χ4n) is 2.04. The van der Waals surface area contributed by atoms with Crippen LogP contribution in [-0.4, -0.2) is 6.54 Å². The average Bonchev–Trinajstić information content (AvgIpc) is 3.01. The molecule has 0 bridgehead atoms. The Labute approximate surface area is 101 Å². The molecule has 0 radical (unpaired) electrons. The molecule has 1 aromatic rings. The fourth-order valence-corrected chi connectivity index (χ4v) is 2.20. The van der Waals surface area contributed by atoms with E-state index in [1.54, 1.807) is 12.1 Å². The van der Waals surface area contributed by atoms with Gasteiger partial charge in [0.1, 0.15) is 5.82 Å². The zero-order chi connectivity index (χ0) is 11.5. The summed E-state index contributed by atoms with van der Waals surface area (Å²) >= 11 is 5.76. The maximum absolute atomic E-state index is 13.8. The van der Waals surface area contributed by atoms with Crippen LogP contribution >= 0.6 is 11.6 Å². The molecule has 88 valence electrons. The Morgan fingerprint density at radius 3 is 2.81 bits per heavy atom. The zero-order valence-electron chi connectivity index (χ0n) is 9.47. The third-order valence-corrected chi connectivity index (χ3v) is 3.29. The van der Waals surface area contributed by atoms with Crippen LogP contribution in [0.2, 0.25) is 5.02 Å². The van der Waals surface area contributed by atoms with Crippen molar-refractivity contribution in [3.63, 3.8) is 0 Å². The van der Waals surface area contributed by atoms with Crippen molar-refractivity contribution in [1.82, 2.24) is 5.32 Å². The van der Waals surface area contributed by atoms with Gasteiger partial charge in [0.2, 0.25) is 0 Å². The molecule has 1 aliphatic rings. The van der Waals surface area contributed by atoms with Gasteiger partial charge in [-0.15, -0.1) is 0 Å². The molecule has 1 nitrogen and oxygen atoms in total. The van der Waals surface area contributed by atoms with E-state index in [1.165, 1.54) is 18.9 Å². The van der Waals surface area contributed by atoms with Crippen LogP contribution in [0.5, 0.6) is 0 Å². The minimum absolute atomic E-state index is 0.134. The fraction of sp³-hybridized carbons (Fsp3) is 0.538. The minimum atomic E-state index is -0.195. The molecule has 0 aromatic heterocycles. The van der Waals surface area contributed by atoms with Crippen molar-refractivity contribution in [3.8, 4) is 0 Å². The molecular weight excluding hydrogens is 225 g/mol. The summed E-state index contributed by atoms with van der Waals surface area (Å²) in [5.41, 5.74) is 0.748. The van der Waals surface area contributed by atoms with E-state index in [1.807, 2.05) is 6.92 Å². The number of hydrogen-bond donors (Lipinski definition) is 1. The number of nitrogens with one attached hydrogen (secondary N) is 1. The highest BCUT2D eigenvalue weighted by Gasteiger charge is 2.27. The highest BCUT2D eigenvalue weighted by molar-refractivity contribution is 6.30. The smallest absolute Gasteiger partial charge is 0.129 e. The van der Waals surface area contributed by atoms with E-state index in [0.29, 0.717) is 5.02 Å². The van der Waals surface area contributed by atoms with Crippen LogP contribution in [0.25, 0.3) is 0 Å². The van der Waals surface area contributed by atoms with Gasteiger partial charge in [-0.05, 0) is 31.0 Å². The monoisotopic (exact) mass is 241 g/mol. The second-order valence-electron chi connectivity index (χ2n) is 4.46. The van der Waals surface area contributed by atoms with Crippen LogP contribution in [0, 0.1) is 11.7 Å². The summed E-state index contributed by atoms with van der Waals surface area (Å²) in [7, 11) is 0. The summed E-state index contributed by atoms with van der Waals surface area (Å²) in [4.78, 5) is 0. The molecule has 0 spiro atoms. The Morgan fingerprint density at radius 1 is 1.50 bits per heavy atom. The van der Waals surface area contributed by atoms with Gasteiger partial charge in [0.05, 0.1) is 0 Å². The van der Waals surface area contributed by atoms with Crippen molar-refractivity contribution < 1.29 is 4.39 Å². The SMILES string of the molecule is CCNC(CC1CC1)c1ccc(Cl)cc1F. The van der Waals surface area contributed by atoms with E-state index in [0.717, 1.165) is 24.4 Å². The molecule has 1 atom stereocenters. The lowest BCUT2D eigenvalue weighted by Gasteiger charge is -2.18. The predicted molar refractivity (Wildman–Crippen MR) is 65.2 cm³/mol. The molecule has 16 heavy (non-hydrogen) atoms. The third kappa shape index (κ3) is 2.96. The third-order valence-electron chi connectivity index (χ3n) is 3.05. The van der Waals surface area contributed by atoms with Crippen molar-refractivity contribution in [2.24, 2.45) is 5.92 Å². The number of rotatable bonds is 5. The van der Waals surface area contributed by atoms with E-state index in [-0.39, 0.29) is 11.9 Å². The number of benzene rings is 1. The van der Waals surface area contributed by atoms with E-state index in [2.05, 4.69) is 5.32 Å². The summed E-state index contributed by atoms with van der Waals surface area (Å²) in [5.74, 6) is 0.582. The molecule has 1 aromatic carbocycles. The predicted octanol–water partition coefficient (Wildman–Crippen LogP) is 3.93. The van der Waals surface area contributed by atoms with Gasteiger partial charge in [0, 0.05) is 16.6 Å². The lowest BCUT2D eigenvalue weighted by Crippen LogP contribution is -2.22.